The van der Waals surface area contributed by atoms with Gasteiger partial charge in [0, 0.05) is 18.0 Å². The van der Waals surface area contributed by atoms with E-state index in [2.05, 4.69) is 0 Å². The molecule has 2 unspecified atom stereocenters. The molecule has 0 aliphatic rings. The maximum atomic E-state index is 12.6. The van der Waals surface area contributed by atoms with Crippen LogP contribution in [0.4, 0.5) is 0 Å². The summed E-state index contributed by atoms with van der Waals surface area (Å²) in [5.41, 5.74) is 1.71. The van der Waals surface area contributed by atoms with Crippen LogP contribution in [0.2, 0.25) is 5.02 Å². The Balaban J connectivity index is 1.99. The van der Waals surface area contributed by atoms with Crippen LogP contribution in [0.1, 0.15) is 24.2 Å². The largest absolute Gasteiger partial charge is 0.493 e. The molecule has 0 spiro atoms. The summed E-state index contributed by atoms with van der Waals surface area (Å²) in [5, 5.41) is 11.2. The van der Waals surface area contributed by atoms with Gasteiger partial charge in [-0.15, -0.1) is 0 Å². The molecular weight excluding hydrogens is 366 g/mol. The molecule has 0 saturated carbocycles. The number of halogens is 1. The van der Waals surface area contributed by atoms with Crippen molar-refractivity contribution < 1.29 is 19.4 Å². The van der Waals surface area contributed by atoms with Crippen molar-refractivity contribution in [2.24, 2.45) is 5.92 Å². The van der Waals surface area contributed by atoms with Crippen LogP contribution in [0.5, 0.6) is 11.5 Å². The van der Waals surface area contributed by atoms with Gasteiger partial charge < -0.3 is 19.5 Å². The number of likely N-dealkylation sites (N-methyl/N-ethyl adjacent to an activating group) is 1. The van der Waals surface area contributed by atoms with Crippen LogP contribution in [0.25, 0.3) is 0 Å². The first-order chi connectivity index (χ1) is 12.8. The first-order valence-electron chi connectivity index (χ1n) is 8.75. The van der Waals surface area contributed by atoms with Gasteiger partial charge in [0.25, 0.3) is 0 Å². The highest BCUT2D eigenvalue weighted by Crippen LogP contribution is 2.30. The van der Waals surface area contributed by atoms with Crippen molar-refractivity contribution in [1.29, 1.82) is 0 Å². The summed E-state index contributed by atoms with van der Waals surface area (Å²) < 4.78 is 10.5. The summed E-state index contributed by atoms with van der Waals surface area (Å²) in [5.74, 6) is 0.909. The number of aliphatic hydroxyl groups excluding tert-OH is 1. The van der Waals surface area contributed by atoms with Crippen LogP contribution in [-0.4, -0.2) is 43.7 Å². The van der Waals surface area contributed by atoms with Crippen molar-refractivity contribution in [1.82, 2.24) is 4.90 Å². The molecule has 0 aliphatic heterocycles. The first-order valence-corrected chi connectivity index (χ1v) is 9.13. The number of amides is 1. The molecule has 0 bridgehead atoms. The van der Waals surface area contributed by atoms with Gasteiger partial charge >= 0.3 is 0 Å². The van der Waals surface area contributed by atoms with Gasteiger partial charge in [-0.2, -0.15) is 0 Å². The molecule has 1 amide bonds. The van der Waals surface area contributed by atoms with Crippen molar-refractivity contribution in [2.75, 3.05) is 27.8 Å². The number of hydrogen-bond donors (Lipinski definition) is 1. The van der Waals surface area contributed by atoms with E-state index in [1.54, 1.807) is 44.4 Å². The molecule has 6 heteroatoms. The average Bonchev–Trinajstić information content (AvgIpc) is 2.68. The molecule has 27 heavy (non-hydrogen) atoms. The highest BCUT2D eigenvalue weighted by atomic mass is 35.5. The lowest BCUT2D eigenvalue weighted by atomic mass is 9.99. The summed E-state index contributed by atoms with van der Waals surface area (Å²) in [7, 11) is 4.80. The molecule has 0 saturated heterocycles. The number of hydrogen-bond acceptors (Lipinski definition) is 4. The highest BCUT2D eigenvalue weighted by molar-refractivity contribution is 6.30. The van der Waals surface area contributed by atoms with Crippen molar-refractivity contribution in [3.05, 3.63) is 58.6 Å². The second kappa shape index (κ2) is 9.62. The maximum absolute atomic E-state index is 12.6. The number of methoxy groups -OCH3 is 2. The Morgan fingerprint density at radius 1 is 1.11 bits per heavy atom. The van der Waals surface area contributed by atoms with Gasteiger partial charge in [0.2, 0.25) is 5.91 Å². The third kappa shape index (κ3) is 5.62. The third-order valence-electron chi connectivity index (χ3n) is 4.49. The van der Waals surface area contributed by atoms with Gasteiger partial charge in [-0.1, -0.05) is 36.7 Å². The fourth-order valence-electron chi connectivity index (χ4n) is 2.95. The lowest BCUT2D eigenvalue weighted by molar-refractivity contribution is -0.134. The fourth-order valence-corrected chi connectivity index (χ4v) is 3.08. The molecule has 2 atom stereocenters. The van der Waals surface area contributed by atoms with Gasteiger partial charge in [0.1, 0.15) is 0 Å². The first kappa shape index (κ1) is 21.1. The van der Waals surface area contributed by atoms with E-state index in [1.165, 1.54) is 0 Å². The lowest BCUT2D eigenvalue weighted by Gasteiger charge is -2.24. The highest BCUT2D eigenvalue weighted by Gasteiger charge is 2.21. The van der Waals surface area contributed by atoms with E-state index in [-0.39, 0.29) is 18.4 Å². The molecule has 1 N–H and O–H groups in total. The van der Waals surface area contributed by atoms with Gasteiger partial charge in [0.15, 0.2) is 11.5 Å². The average molecular weight is 392 g/mol. The Kier molecular flexibility index (Phi) is 7.51. The van der Waals surface area contributed by atoms with Crippen molar-refractivity contribution >= 4 is 17.5 Å². The molecule has 0 aromatic heterocycles. The molecule has 0 heterocycles. The van der Waals surface area contributed by atoms with E-state index < -0.39 is 6.10 Å². The molecule has 0 radical (unpaired) electrons. The van der Waals surface area contributed by atoms with Gasteiger partial charge in [-0.05, 0) is 41.8 Å². The van der Waals surface area contributed by atoms with Crippen LogP contribution in [-0.2, 0) is 11.2 Å². The Bertz CT molecular complexity index is 763. The van der Waals surface area contributed by atoms with E-state index in [0.717, 1.165) is 5.56 Å². The number of carbonyl (C=O) groups excluding carboxylic acids is 1. The van der Waals surface area contributed by atoms with Crippen LogP contribution in [0, 0.1) is 5.92 Å². The number of ether oxygens (including phenoxy) is 2. The van der Waals surface area contributed by atoms with E-state index in [4.69, 9.17) is 21.1 Å². The monoisotopic (exact) mass is 391 g/mol. The SMILES string of the molecule is COc1ccc(C(O)CN(C)C(=O)C(C)Cc2ccc(Cl)cc2)cc1OC. The predicted octanol–water partition coefficient (Wildman–Crippen LogP) is 3.73. The molecule has 2 aromatic rings. The van der Waals surface area contributed by atoms with Gasteiger partial charge in [-0.3, -0.25) is 4.79 Å². The minimum absolute atomic E-state index is 0.0236. The van der Waals surface area contributed by atoms with Crippen LogP contribution < -0.4 is 9.47 Å². The smallest absolute Gasteiger partial charge is 0.225 e. The number of benzene rings is 2. The summed E-state index contributed by atoms with van der Waals surface area (Å²) in [6.07, 6.45) is -0.200. The maximum Gasteiger partial charge on any atom is 0.225 e. The van der Waals surface area contributed by atoms with E-state index in [1.807, 2.05) is 31.2 Å². The second-order valence-corrected chi connectivity index (χ2v) is 7.02. The Morgan fingerprint density at radius 3 is 2.33 bits per heavy atom. The molecule has 0 fully saturated rings. The van der Waals surface area contributed by atoms with E-state index in [0.29, 0.717) is 28.5 Å². The standard InChI is InChI=1S/C21H26ClNO4/c1-14(11-15-5-8-17(22)9-6-15)21(25)23(2)13-18(24)16-7-10-19(26-3)20(12-16)27-4/h5-10,12,14,18,24H,11,13H2,1-4H3. The van der Waals surface area contributed by atoms with Gasteiger partial charge in [0.05, 0.1) is 26.9 Å². The van der Waals surface area contributed by atoms with Gasteiger partial charge in [-0.25, -0.2) is 0 Å². The molecule has 2 rings (SSSR count). The Morgan fingerprint density at radius 2 is 1.74 bits per heavy atom. The number of carbonyl (C=O) groups is 1. The number of nitrogens with zero attached hydrogens (tertiary/aromatic N) is 1. The fraction of sp³-hybridized carbons (Fsp3) is 0.381. The van der Waals surface area contributed by atoms with Crippen LogP contribution in [0.15, 0.2) is 42.5 Å². The van der Waals surface area contributed by atoms with Crippen LogP contribution in [0.3, 0.4) is 0 Å². The molecule has 146 valence electrons. The number of rotatable bonds is 8. The summed E-state index contributed by atoms with van der Waals surface area (Å²) in [4.78, 5) is 14.2. The minimum Gasteiger partial charge on any atom is -0.493 e. The normalized spacial score (nSPS) is 13.0. The zero-order valence-corrected chi connectivity index (χ0v) is 16.9. The van der Waals surface area contributed by atoms with E-state index in [9.17, 15) is 9.90 Å². The lowest BCUT2D eigenvalue weighted by Crippen LogP contribution is -2.35. The predicted molar refractivity (Wildman–Crippen MR) is 106 cm³/mol. The van der Waals surface area contributed by atoms with Crippen molar-refractivity contribution in [2.45, 2.75) is 19.4 Å². The second-order valence-electron chi connectivity index (χ2n) is 6.58. The third-order valence-corrected chi connectivity index (χ3v) is 4.74. The molecule has 0 aliphatic carbocycles. The Hall–Kier alpha value is -2.24. The zero-order valence-electron chi connectivity index (χ0n) is 16.1. The minimum atomic E-state index is -0.818. The number of aliphatic hydroxyl groups is 1. The van der Waals surface area contributed by atoms with Crippen molar-refractivity contribution in [3.63, 3.8) is 0 Å². The van der Waals surface area contributed by atoms with Crippen molar-refractivity contribution in [3.8, 4) is 11.5 Å². The Labute approximate surface area is 165 Å². The summed E-state index contributed by atoms with van der Waals surface area (Å²) in [6, 6.07) is 12.7. The molecule has 5 nitrogen and oxygen atoms in total. The molecular formula is C21H26ClNO4. The quantitative estimate of drug-likeness (QED) is 0.744. The zero-order chi connectivity index (χ0) is 20.0. The topological polar surface area (TPSA) is 59.0 Å². The summed E-state index contributed by atoms with van der Waals surface area (Å²) >= 11 is 5.90. The molecule has 2 aromatic carbocycles. The summed E-state index contributed by atoms with van der Waals surface area (Å²) in [6.45, 7) is 2.08. The van der Waals surface area contributed by atoms with E-state index >= 15 is 0 Å². The van der Waals surface area contributed by atoms with Crippen LogP contribution >= 0.6 is 11.6 Å².